The molecule has 5 heteroatoms. The highest BCUT2D eigenvalue weighted by atomic mass is 16.4. The van der Waals surface area contributed by atoms with Gasteiger partial charge in [-0.3, -0.25) is 9.59 Å². The Morgan fingerprint density at radius 3 is 2.85 bits per heavy atom. The molecule has 1 aromatic carbocycles. The number of nitrogens with one attached hydrogen (secondary N) is 1. The molecule has 2 aromatic rings. The lowest BCUT2D eigenvalue weighted by atomic mass is 10.0. The third-order valence-electron chi connectivity index (χ3n) is 4.13. The molecule has 1 saturated heterocycles. The molecule has 1 amide bonds. The van der Waals surface area contributed by atoms with Crippen LogP contribution in [0, 0.1) is 5.92 Å². The third-order valence-corrected chi connectivity index (χ3v) is 4.13. The van der Waals surface area contributed by atoms with Crippen molar-refractivity contribution in [2.24, 2.45) is 5.92 Å². The average Bonchev–Trinajstić information content (AvgIpc) is 3.03. The molecule has 0 bridgehead atoms. The summed E-state index contributed by atoms with van der Waals surface area (Å²) >= 11 is 0. The Labute approximate surface area is 116 Å². The topological polar surface area (TPSA) is 73.4 Å². The molecular weight excluding hydrogens is 256 g/mol. The number of benzene rings is 1. The fourth-order valence-corrected chi connectivity index (χ4v) is 2.90. The number of aromatic amines is 1. The molecule has 2 atom stereocenters. The van der Waals surface area contributed by atoms with Gasteiger partial charge in [-0.05, 0) is 36.9 Å². The van der Waals surface area contributed by atoms with E-state index in [1.807, 2.05) is 24.4 Å². The molecule has 1 aromatic heterocycles. The Hall–Kier alpha value is -2.30. The van der Waals surface area contributed by atoms with Crippen molar-refractivity contribution >= 4 is 22.8 Å². The minimum Gasteiger partial charge on any atom is -0.481 e. The molecule has 0 saturated carbocycles. The van der Waals surface area contributed by atoms with Crippen LogP contribution < -0.4 is 0 Å². The molecule has 1 aliphatic rings. The number of carbonyl (C=O) groups is 2. The quantitative estimate of drug-likeness (QED) is 0.879. The molecule has 2 unspecified atom stereocenters. The van der Waals surface area contributed by atoms with E-state index < -0.39 is 11.9 Å². The highest BCUT2D eigenvalue weighted by molar-refractivity contribution is 5.98. The van der Waals surface area contributed by atoms with Crippen molar-refractivity contribution in [1.29, 1.82) is 0 Å². The lowest BCUT2D eigenvalue weighted by Crippen LogP contribution is -2.37. The van der Waals surface area contributed by atoms with E-state index in [1.54, 1.807) is 17.9 Å². The van der Waals surface area contributed by atoms with E-state index in [0.717, 1.165) is 10.9 Å². The van der Waals surface area contributed by atoms with Gasteiger partial charge < -0.3 is 15.0 Å². The smallest absolute Gasteiger partial charge is 0.308 e. The first-order valence-corrected chi connectivity index (χ1v) is 6.69. The van der Waals surface area contributed by atoms with E-state index in [2.05, 4.69) is 4.98 Å². The largest absolute Gasteiger partial charge is 0.481 e. The summed E-state index contributed by atoms with van der Waals surface area (Å²) in [6.45, 7) is 2.30. The Balaban J connectivity index is 1.87. The van der Waals surface area contributed by atoms with Gasteiger partial charge in [-0.2, -0.15) is 0 Å². The number of carboxylic acids is 1. The van der Waals surface area contributed by atoms with Crippen LogP contribution in [0.2, 0.25) is 0 Å². The van der Waals surface area contributed by atoms with Gasteiger partial charge in [-0.1, -0.05) is 6.07 Å². The summed E-state index contributed by atoms with van der Waals surface area (Å²) in [6, 6.07) is 7.19. The van der Waals surface area contributed by atoms with Gasteiger partial charge in [0.1, 0.15) is 0 Å². The van der Waals surface area contributed by atoms with Gasteiger partial charge >= 0.3 is 5.97 Å². The highest BCUT2D eigenvalue weighted by Crippen LogP contribution is 2.26. The standard InChI is InChI=1S/C15H16N2O3/c1-9-12(15(19)20)5-7-17(9)14(18)11-3-2-10-4-6-16-13(10)8-11/h2-4,6,8-9,12,16H,5,7H2,1H3,(H,19,20). The maximum atomic E-state index is 12.5. The number of aromatic nitrogens is 1. The van der Waals surface area contributed by atoms with Gasteiger partial charge in [-0.15, -0.1) is 0 Å². The molecule has 104 valence electrons. The lowest BCUT2D eigenvalue weighted by molar-refractivity contribution is -0.142. The van der Waals surface area contributed by atoms with Crippen LogP contribution in [0.1, 0.15) is 23.7 Å². The Morgan fingerprint density at radius 1 is 1.35 bits per heavy atom. The number of rotatable bonds is 2. The van der Waals surface area contributed by atoms with E-state index >= 15 is 0 Å². The second kappa shape index (κ2) is 4.67. The van der Waals surface area contributed by atoms with Crippen LogP contribution in [-0.4, -0.2) is 39.5 Å². The number of carbonyl (C=O) groups excluding carboxylic acids is 1. The van der Waals surface area contributed by atoms with Crippen LogP contribution in [0.3, 0.4) is 0 Å². The van der Waals surface area contributed by atoms with Crippen molar-refractivity contribution in [3.8, 4) is 0 Å². The van der Waals surface area contributed by atoms with Crippen LogP contribution in [0.4, 0.5) is 0 Å². The Kier molecular flexibility index (Phi) is 2.97. The number of nitrogens with zero attached hydrogens (tertiary/aromatic N) is 1. The molecule has 1 fully saturated rings. The van der Waals surface area contributed by atoms with E-state index in [9.17, 15) is 9.59 Å². The molecule has 0 aliphatic carbocycles. The van der Waals surface area contributed by atoms with Gasteiger partial charge in [0, 0.05) is 29.9 Å². The first-order valence-electron chi connectivity index (χ1n) is 6.69. The summed E-state index contributed by atoms with van der Waals surface area (Å²) in [6.07, 6.45) is 2.35. The highest BCUT2D eigenvalue weighted by Gasteiger charge is 2.38. The second-order valence-electron chi connectivity index (χ2n) is 5.25. The summed E-state index contributed by atoms with van der Waals surface area (Å²) in [5.74, 6) is -1.39. The number of aliphatic carboxylic acids is 1. The third kappa shape index (κ3) is 1.95. The monoisotopic (exact) mass is 272 g/mol. The van der Waals surface area contributed by atoms with Gasteiger partial charge in [-0.25, -0.2) is 0 Å². The number of hydrogen-bond donors (Lipinski definition) is 2. The molecular formula is C15H16N2O3. The molecule has 1 aliphatic heterocycles. The van der Waals surface area contributed by atoms with Gasteiger partial charge in [0.2, 0.25) is 0 Å². The number of carboxylic acid groups (broad SMARTS) is 1. The SMILES string of the molecule is CC1C(C(=O)O)CCN1C(=O)c1ccc2cc[nH]c2c1. The normalized spacial score (nSPS) is 22.4. The summed E-state index contributed by atoms with van der Waals surface area (Å²) in [5.41, 5.74) is 1.51. The number of H-pyrrole nitrogens is 1. The van der Waals surface area contributed by atoms with Crippen molar-refractivity contribution < 1.29 is 14.7 Å². The van der Waals surface area contributed by atoms with Crippen molar-refractivity contribution in [3.63, 3.8) is 0 Å². The molecule has 20 heavy (non-hydrogen) atoms. The van der Waals surface area contributed by atoms with Crippen LogP contribution in [0.5, 0.6) is 0 Å². The van der Waals surface area contributed by atoms with Crippen LogP contribution in [-0.2, 0) is 4.79 Å². The number of hydrogen-bond acceptors (Lipinski definition) is 2. The van der Waals surface area contributed by atoms with Crippen molar-refractivity contribution in [2.45, 2.75) is 19.4 Å². The predicted octanol–water partition coefficient (Wildman–Crippen LogP) is 2.10. The van der Waals surface area contributed by atoms with E-state index in [-0.39, 0.29) is 11.9 Å². The van der Waals surface area contributed by atoms with Crippen LogP contribution in [0.25, 0.3) is 10.9 Å². The Bertz CT molecular complexity index is 677. The number of fused-ring (bicyclic) bond motifs is 1. The number of likely N-dealkylation sites (tertiary alicyclic amines) is 1. The molecule has 2 N–H and O–H groups in total. The first-order chi connectivity index (χ1) is 9.58. The van der Waals surface area contributed by atoms with E-state index in [0.29, 0.717) is 18.5 Å². The predicted molar refractivity (Wildman–Crippen MR) is 74.5 cm³/mol. The van der Waals surface area contributed by atoms with Crippen LogP contribution in [0.15, 0.2) is 30.5 Å². The zero-order valence-corrected chi connectivity index (χ0v) is 11.2. The van der Waals surface area contributed by atoms with Gasteiger partial charge in [0.15, 0.2) is 0 Å². The maximum Gasteiger partial charge on any atom is 0.308 e. The second-order valence-corrected chi connectivity index (χ2v) is 5.25. The lowest BCUT2D eigenvalue weighted by Gasteiger charge is -2.23. The molecule has 2 heterocycles. The van der Waals surface area contributed by atoms with E-state index in [4.69, 9.17) is 5.11 Å². The fourth-order valence-electron chi connectivity index (χ4n) is 2.90. The van der Waals surface area contributed by atoms with Crippen LogP contribution >= 0.6 is 0 Å². The summed E-state index contributed by atoms with van der Waals surface area (Å²) < 4.78 is 0. The van der Waals surface area contributed by atoms with Crippen molar-refractivity contribution in [1.82, 2.24) is 9.88 Å². The molecule has 0 spiro atoms. The summed E-state index contributed by atoms with van der Waals surface area (Å²) in [7, 11) is 0. The van der Waals surface area contributed by atoms with E-state index in [1.165, 1.54) is 0 Å². The first kappa shape index (κ1) is 12.7. The summed E-state index contributed by atoms with van der Waals surface area (Å²) in [5, 5.41) is 10.2. The Morgan fingerprint density at radius 2 is 2.15 bits per heavy atom. The minimum absolute atomic E-state index is 0.0993. The average molecular weight is 272 g/mol. The molecule has 0 radical (unpaired) electrons. The molecule has 3 rings (SSSR count). The number of amides is 1. The van der Waals surface area contributed by atoms with Gasteiger partial charge in [0.05, 0.1) is 5.92 Å². The van der Waals surface area contributed by atoms with Gasteiger partial charge in [0.25, 0.3) is 5.91 Å². The maximum absolute atomic E-state index is 12.5. The molecule has 5 nitrogen and oxygen atoms in total. The summed E-state index contributed by atoms with van der Waals surface area (Å²) in [4.78, 5) is 28.4. The zero-order chi connectivity index (χ0) is 14.3. The van der Waals surface area contributed by atoms with Crippen molar-refractivity contribution in [3.05, 3.63) is 36.0 Å². The zero-order valence-electron chi connectivity index (χ0n) is 11.2. The minimum atomic E-state index is -0.826. The van der Waals surface area contributed by atoms with Crippen molar-refractivity contribution in [2.75, 3.05) is 6.54 Å². The fraction of sp³-hybridized carbons (Fsp3) is 0.333.